The number of amides is 1. The van der Waals surface area contributed by atoms with Crippen LogP contribution in [0.15, 0.2) is 77.7 Å². The standard InChI is InChI=1S/C25H28N2O5S/c1-19-14-15-20(25(28)27(2)16-9-17-32-21-10-5-4-6-11-21)18-24(19)33(29,30)26-22-12-7-8-13-23(22)31-3/h4-8,10-15,18,26H,9,16-17H2,1-3H3. The Hall–Kier alpha value is -3.52. The summed E-state index contributed by atoms with van der Waals surface area (Å²) in [5.74, 6) is 0.925. The Kier molecular flexibility index (Phi) is 7.95. The van der Waals surface area contributed by atoms with E-state index in [0.29, 0.717) is 42.1 Å². The zero-order chi connectivity index (χ0) is 23.8. The number of nitrogens with zero attached hydrogens (tertiary/aromatic N) is 1. The van der Waals surface area contributed by atoms with Gasteiger partial charge in [-0.25, -0.2) is 8.42 Å². The lowest BCUT2D eigenvalue weighted by atomic mass is 10.1. The molecule has 3 aromatic rings. The summed E-state index contributed by atoms with van der Waals surface area (Å²) in [6.07, 6.45) is 0.642. The van der Waals surface area contributed by atoms with E-state index >= 15 is 0 Å². The van der Waals surface area contributed by atoms with Gasteiger partial charge in [-0.05, 0) is 55.3 Å². The van der Waals surface area contributed by atoms with E-state index in [9.17, 15) is 13.2 Å². The van der Waals surface area contributed by atoms with Crippen LogP contribution in [0.4, 0.5) is 5.69 Å². The van der Waals surface area contributed by atoms with Crippen molar-refractivity contribution < 1.29 is 22.7 Å². The maximum Gasteiger partial charge on any atom is 0.262 e. The minimum absolute atomic E-state index is 0.0417. The molecule has 0 aliphatic rings. The fourth-order valence-corrected chi connectivity index (χ4v) is 4.62. The number of hydrogen-bond acceptors (Lipinski definition) is 5. The predicted octanol–water partition coefficient (Wildman–Crippen LogP) is 4.35. The lowest BCUT2D eigenvalue weighted by Crippen LogP contribution is -2.29. The van der Waals surface area contributed by atoms with Gasteiger partial charge in [-0.1, -0.05) is 36.4 Å². The van der Waals surface area contributed by atoms with Crippen molar-refractivity contribution in [1.29, 1.82) is 0 Å². The first-order chi connectivity index (χ1) is 15.8. The van der Waals surface area contributed by atoms with Crippen molar-refractivity contribution in [3.8, 4) is 11.5 Å². The summed E-state index contributed by atoms with van der Waals surface area (Å²) in [7, 11) is -0.773. The van der Waals surface area contributed by atoms with Crippen LogP contribution in [0.2, 0.25) is 0 Å². The number of ether oxygens (including phenoxy) is 2. The highest BCUT2D eigenvalue weighted by Crippen LogP contribution is 2.27. The van der Waals surface area contributed by atoms with Gasteiger partial charge in [-0.15, -0.1) is 0 Å². The molecule has 3 aromatic carbocycles. The third-order valence-electron chi connectivity index (χ3n) is 5.07. The molecule has 0 radical (unpaired) electrons. The molecule has 0 fully saturated rings. The Morgan fingerprint density at radius 3 is 2.42 bits per heavy atom. The molecule has 7 nitrogen and oxygen atoms in total. The summed E-state index contributed by atoms with van der Waals surface area (Å²) in [6.45, 7) is 2.63. The van der Waals surface area contributed by atoms with Crippen molar-refractivity contribution in [2.75, 3.05) is 32.0 Å². The van der Waals surface area contributed by atoms with Crippen LogP contribution in [-0.4, -0.2) is 46.5 Å². The van der Waals surface area contributed by atoms with Crippen LogP contribution in [-0.2, 0) is 10.0 Å². The molecule has 0 aliphatic carbocycles. The highest BCUT2D eigenvalue weighted by molar-refractivity contribution is 7.92. The molecular formula is C25H28N2O5S. The van der Waals surface area contributed by atoms with Crippen LogP contribution >= 0.6 is 0 Å². The molecule has 33 heavy (non-hydrogen) atoms. The van der Waals surface area contributed by atoms with Crippen LogP contribution in [0.5, 0.6) is 11.5 Å². The van der Waals surface area contributed by atoms with Crippen molar-refractivity contribution in [3.05, 3.63) is 83.9 Å². The molecule has 0 aliphatic heterocycles. The number of benzene rings is 3. The molecular weight excluding hydrogens is 440 g/mol. The van der Waals surface area contributed by atoms with Crippen LogP contribution in [0.25, 0.3) is 0 Å². The topological polar surface area (TPSA) is 84.9 Å². The number of carbonyl (C=O) groups is 1. The number of anilines is 1. The molecule has 0 atom stereocenters. The Balaban J connectivity index is 1.68. The quantitative estimate of drug-likeness (QED) is 0.447. The minimum atomic E-state index is -3.93. The van der Waals surface area contributed by atoms with Gasteiger partial charge in [0.05, 0.1) is 24.3 Å². The zero-order valence-corrected chi connectivity index (χ0v) is 19.8. The van der Waals surface area contributed by atoms with E-state index in [2.05, 4.69) is 4.72 Å². The summed E-state index contributed by atoms with van der Waals surface area (Å²) >= 11 is 0. The first-order valence-corrected chi connectivity index (χ1v) is 12.0. The normalized spacial score (nSPS) is 11.0. The fraction of sp³-hybridized carbons (Fsp3) is 0.240. The smallest absolute Gasteiger partial charge is 0.262 e. The van der Waals surface area contributed by atoms with E-state index < -0.39 is 10.0 Å². The third-order valence-corrected chi connectivity index (χ3v) is 6.58. The number of hydrogen-bond donors (Lipinski definition) is 1. The van der Waals surface area contributed by atoms with Gasteiger partial charge in [0.15, 0.2) is 0 Å². The van der Waals surface area contributed by atoms with E-state index in [-0.39, 0.29) is 10.8 Å². The number of sulfonamides is 1. The van der Waals surface area contributed by atoms with E-state index in [1.807, 2.05) is 30.3 Å². The fourth-order valence-electron chi connectivity index (χ4n) is 3.28. The summed E-state index contributed by atoms with van der Waals surface area (Å²) in [6, 6.07) is 20.9. The molecule has 3 rings (SSSR count). The van der Waals surface area contributed by atoms with E-state index in [4.69, 9.17) is 9.47 Å². The molecule has 0 bridgehead atoms. The van der Waals surface area contributed by atoms with Crippen molar-refractivity contribution in [1.82, 2.24) is 4.90 Å². The number of rotatable bonds is 10. The number of carbonyl (C=O) groups excluding carboxylic acids is 1. The molecule has 174 valence electrons. The largest absolute Gasteiger partial charge is 0.495 e. The van der Waals surface area contributed by atoms with Crippen LogP contribution in [0.1, 0.15) is 22.3 Å². The maximum atomic E-state index is 13.1. The second-order valence-electron chi connectivity index (χ2n) is 7.53. The van der Waals surface area contributed by atoms with Crippen LogP contribution in [0, 0.1) is 6.92 Å². The van der Waals surface area contributed by atoms with Gasteiger partial charge in [-0.2, -0.15) is 0 Å². The van der Waals surface area contributed by atoms with Gasteiger partial charge in [-0.3, -0.25) is 9.52 Å². The maximum absolute atomic E-state index is 13.1. The highest BCUT2D eigenvalue weighted by atomic mass is 32.2. The summed E-state index contributed by atoms with van der Waals surface area (Å²) < 4.78 is 39.6. The molecule has 1 N–H and O–H groups in total. The average molecular weight is 469 g/mol. The summed E-state index contributed by atoms with van der Waals surface area (Å²) in [5.41, 5.74) is 1.16. The second-order valence-corrected chi connectivity index (χ2v) is 9.18. The van der Waals surface area contributed by atoms with Crippen molar-refractivity contribution in [2.24, 2.45) is 0 Å². The Morgan fingerprint density at radius 1 is 1.00 bits per heavy atom. The molecule has 0 spiro atoms. The van der Waals surface area contributed by atoms with Crippen molar-refractivity contribution >= 4 is 21.6 Å². The van der Waals surface area contributed by atoms with Gasteiger partial charge in [0.2, 0.25) is 0 Å². The first kappa shape index (κ1) is 24.1. The first-order valence-electron chi connectivity index (χ1n) is 10.5. The van der Waals surface area contributed by atoms with E-state index in [0.717, 1.165) is 5.75 Å². The third kappa shape index (κ3) is 6.26. The Labute approximate surface area is 195 Å². The monoisotopic (exact) mass is 468 g/mol. The Morgan fingerprint density at radius 2 is 1.70 bits per heavy atom. The van der Waals surface area contributed by atoms with Crippen molar-refractivity contribution in [3.63, 3.8) is 0 Å². The molecule has 0 saturated carbocycles. The average Bonchev–Trinajstić information content (AvgIpc) is 2.82. The predicted molar refractivity (Wildman–Crippen MR) is 128 cm³/mol. The van der Waals surface area contributed by atoms with Gasteiger partial charge in [0.25, 0.3) is 15.9 Å². The highest BCUT2D eigenvalue weighted by Gasteiger charge is 2.21. The summed E-state index contributed by atoms with van der Waals surface area (Å²) in [4.78, 5) is 14.5. The SMILES string of the molecule is COc1ccccc1NS(=O)(=O)c1cc(C(=O)N(C)CCCOc2ccccc2)ccc1C. The van der Waals surface area contributed by atoms with Gasteiger partial charge >= 0.3 is 0 Å². The zero-order valence-electron chi connectivity index (χ0n) is 18.9. The van der Waals surface area contributed by atoms with Crippen LogP contribution in [0.3, 0.4) is 0 Å². The molecule has 0 aromatic heterocycles. The van der Waals surface area contributed by atoms with Gasteiger partial charge < -0.3 is 14.4 Å². The molecule has 1 amide bonds. The molecule has 0 saturated heterocycles. The van der Waals surface area contributed by atoms with Gasteiger partial charge in [0, 0.05) is 19.2 Å². The van der Waals surface area contributed by atoms with Crippen LogP contribution < -0.4 is 14.2 Å². The number of aryl methyl sites for hydroxylation is 1. The Bertz CT molecular complexity index is 1200. The molecule has 0 unspecified atom stereocenters. The van der Waals surface area contributed by atoms with Gasteiger partial charge in [0.1, 0.15) is 11.5 Å². The molecule has 8 heteroatoms. The van der Waals surface area contributed by atoms with E-state index in [1.54, 1.807) is 55.3 Å². The summed E-state index contributed by atoms with van der Waals surface area (Å²) in [5, 5.41) is 0. The van der Waals surface area contributed by atoms with E-state index in [1.165, 1.54) is 13.2 Å². The minimum Gasteiger partial charge on any atom is -0.495 e. The molecule has 0 heterocycles. The second kappa shape index (κ2) is 10.9. The number of nitrogens with one attached hydrogen (secondary N) is 1. The lowest BCUT2D eigenvalue weighted by Gasteiger charge is -2.19. The van der Waals surface area contributed by atoms with Crippen molar-refractivity contribution in [2.45, 2.75) is 18.2 Å². The lowest BCUT2D eigenvalue weighted by molar-refractivity contribution is 0.0787. The number of methoxy groups -OCH3 is 1. The number of para-hydroxylation sites is 3.